The van der Waals surface area contributed by atoms with Gasteiger partial charge in [0, 0.05) is 18.7 Å². The van der Waals surface area contributed by atoms with Gasteiger partial charge in [-0.3, -0.25) is 4.79 Å². The molecule has 1 amide bonds. The van der Waals surface area contributed by atoms with Crippen molar-refractivity contribution in [3.8, 4) is 11.3 Å². The van der Waals surface area contributed by atoms with Gasteiger partial charge in [0.1, 0.15) is 12.2 Å². The molecule has 0 aliphatic heterocycles. The van der Waals surface area contributed by atoms with Gasteiger partial charge >= 0.3 is 0 Å². The summed E-state index contributed by atoms with van der Waals surface area (Å²) < 4.78 is 7.25. The van der Waals surface area contributed by atoms with Crippen LogP contribution in [0.15, 0.2) is 41.4 Å². The van der Waals surface area contributed by atoms with Crippen LogP contribution in [0.5, 0.6) is 0 Å². The van der Waals surface area contributed by atoms with Gasteiger partial charge in [-0.1, -0.05) is 29.8 Å². The molecule has 0 spiro atoms. The molecule has 3 aromatic rings. The van der Waals surface area contributed by atoms with E-state index >= 15 is 0 Å². The van der Waals surface area contributed by atoms with Crippen LogP contribution in [0, 0.1) is 13.8 Å². The van der Waals surface area contributed by atoms with E-state index < -0.39 is 0 Å². The van der Waals surface area contributed by atoms with Gasteiger partial charge in [-0.15, -0.1) is 10.2 Å². The lowest BCUT2D eigenvalue weighted by Crippen LogP contribution is -2.28. The molecule has 7 nitrogen and oxygen atoms in total. The number of aryl methyl sites for hydroxylation is 2. The fraction of sp³-hybridized carbons (Fsp3) is 0.250. The van der Waals surface area contributed by atoms with Crippen molar-refractivity contribution in [3.05, 3.63) is 54.1 Å². The van der Waals surface area contributed by atoms with Crippen LogP contribution in [-0.4, -0.2) is 32.2 Å². The maximum absolute atomic E-state index is 12.3. The van der Waals surface area contributed by atoms with E-state index in [0.717, 1.165) is 17.0 Å². The van der Waals surface area contributed by atoms with Gasteiger partial charge in [0.2, 0.25) is 0 Å². The summed E-state index contributed by atoms with van der Waals surface area (Å²) in [6.45, 7) is 4.92. The average molecular weight is 311 g/mol. The van der Waals surface area contributed by atoms with Crippen molar-refractivity contribution in [2.45, 2.75) is 20.4 Å². The number of hydrogen-bond acceptors (Lipinski definition) is 5. The summed E-state index contributed by atoms with van der Waals surface area (Å²) in [4.78, 5) is 16.3. The van der Waals surface area contributed by atoms with Crippen molar-refractivity contribution >= 4 is 5.91 Å². The van der Waals surface area contributed by atoms with E-state index in [-0.39, 0.29) is 11.6 Å². The summed E-state index contributed by atoms with van der Waals surface area (Å²) in [7, 11) is 0. The summed E-state index contributed by atoms with van der Waals surface area (Å²) in [5, 5.41) is 10.5. The molecule has 1 aromatic carbocycles. The first kappa shape index (κ1) is 15.0. The molecule has 118 valence electrons. The summed E-state index contributed by atoms with van der Waals surface area (Å²) in [5.41, 5.74) is 2.26. The maximum atomic E-state index is 12.3. The zero-order chi connectivity index (χ0) is 16.2. The second kappa shape index (κ2) is 6.43. The summed E-state index contributed by atoms with van der Waals surface area (Å²) in [6, 6.07) is 7.75. The summed E-state index contributed by atoms with van der Waals surface area (Å²) in [6.07, 6.45) is 2.92. The van der Waals surface area contributed by atoms with Crippen LogP contribution >= 0.6 is 0 Å². The molecule has 0 radical (unpaired) electrons. The molecule has 0 bridgehead atoms. The first-order valence-electron chi connectivity index (χ1n) is 7.28. The number of carbonyl (C=O) groups is 1. The fourth-order valence-electron chi connectivity index (χ4n) is 2.22. The van der Waals surface area contributed by atoms with Gasteiger partial charge in [0.15, 0.2) is 17.8 Å². The molecule has 0 saturated carbocycles. The SMILES string of the molecule is Cc1ccc(-c2ocnc2C(=O)NCCn2cnnc2C)cc1. The van der Waals surface area contributed by atoms with Gasteiger partial charge in [-0.2, -0.15) is 0 Å². The Labute approximate surface area is 133 Å². The number of benzene rings is 1. The first-order chi connectivity index (χ1) is 11.1. The highest BCUT2D eigenvalue weighted by molar-refractivity contribution is 5.97. The Kier molecular flexibility index (Phi) is 4.18. The quantitative estimate of drug-likeness (QED) is 0.778. The smallest absolute Gasteiger partial charge is 0.273 e. The third kappa shape index (κ3) is 3.28. The molecule has 0 aliphatic rings. The van der Waals surface area contributed by atoms with Crippen LogP contribution in [0.25, 0.3) is 11.3 Å². The number of oxazole rings is 1. The van der Waals surface area contributed by atoms with Crippen LogP contribution in [0.1, 0.15) is 21.9 Å². The lowest BCUT2D eigenvalue weighted by atomic mass is 10.1. The maximum Gasteiger partial charge on any atom is 0.273 e. The molecule has 3 rings (SSSR count). The predicted molar refractivity (Wildman–Crippen MR) is 83.8 cm³/mol. The van der Waals surface area contributed by atoms with Crippen LogP contribution in [0.4, 0.5) is 0 Å². The van der Waals surface area contributed by atoms with E-state index in [4.69, 9.17) is 4.42 Å². The number of rotatable bonds is 5. The Hall–Kier alpha value is -2.96. The van der Waals surface area contributed by atoms with Crippen molar-refractivity contribution in [3.63, 3.8) is 0 Å². The first-order valence-corrected chi connectivity index (χ1v) is 7.28. The number of hydrogen-bond donors (Lipinski definition) is 1. The molecule has 7 heteroatoms. The molecule has 23 heavy (non-hydrogen) atoms. The molecular weight excluding hydrogens is 294 g/mol. The van der Waals surface area contributed by atoms with Gasteiger partial charge < -0.3 is 14.3 Å². The Bertz CT molecular complexity index is 804. The number of amides is 1. The Morgan fingerprint density at radius 2 is 2.04 bits per heavy atom. The van der Waals surface area contributed by atoms with E-state index in [0.29, 0.717) is 18.8 Å². The zero-order valence-electron chi connectivity index (χ0n) is 13.0. The molecule has 0 unspecified atom stereocenters. The number of nitrogens with one attached hydrogen (secondary N) is 1. The van der Waals surface area contributed by atoms with Gasteiger partial charge in [0.05, 0.1) is 0 Å². The highest BCUT2D eigenvalue weighted by Crippen LogP contribution is 2.23. The largest absolute Gasteiger partial charge is 0.443 e. The molecule has 1 N–H and O–H groups in total. The van der Waals surface area contributed by atoms with Gasteiger partial charge in [-0.25, -0.2) is 4.98 Å². The van der Waals surface area contributed by atoms with Crippen molar-refractivity contribution < 1.29 is 9.21 Å². The van der Waals surface area contributed by atoms with Crippen molar-refractivity contribution in [2.24, 2.45) is 0 Å². The Morgan fingerprint density at radius 3 is 2.74 bits per heavy atom. The second-order valence-electron chi connectivity index (χ2n) is 5.22. The molecule has 0 aliphatic carbocycles. The zero-order valence-corrected chi connectivity index (χ0v) is 13.0. The van der Waals surface area contributed by atoms with Gasteiger partial charge in [-0.05, 0) is 13.8 Å². The molecular formula is C16H17N5O2. The Balaban J connectivity index is 1.67. The molecule has 2 heterocycles. The summed E-state index contributed by atoms with van der Waals surface area (Å²) in [5.74, 6) is 1.02. The van der Waals surface area contributed by atoms with E-state index in [1.54, 1.807) is 6.33 Å². The standard InChI is InChI=1S/C16H17N5O2/c1-11-3-5-13(6-4-11)15-14(18-10-23-15)16(22)17-7-8-21-9-19-20-12(21)2/h3-6,9-10H,7-8H2,1-2H3,(H,17,22). The normalized spacial score (nSPS) is 10.7. The summed E-state index contributed by atoms with van der Waals surface area (Å²) >= 11 is 0. The highest BCUT2D eigenvalue weighted by Gasteiger charge is 2.17. The molecule has 0 atom stereocenters. The van der Waals surface area contributed by atoms with Crippen molar-refractivity contribution in [1.82, 2.24) is 25.1 Å². The third-order valence-electron chi connectivity index (χ3n) is 3.54. The van der Waals surface area contributed by atoms with Crippen LogP contribution < -0.4 is 5.32 Å². The van der Waals surface area contributed by atoms with E-state index in [1.807, 2.05) is 42.7 Å². The second-order valence-corrected chi connectivity index (χ2v) is 5.22. The number of nitrogens with zero attached hydrogens (tertiary/aromatic N) is 4. The van der Waals surface area contributed by atoms with Gasteiger partial charge in [0.25, 0.3) is 5.91 Å². The van der Waals surface area contributed by atoms with Crippen LogP contribution in [0.2, 0.25) is 0 Å². The fourth-order valence-corrected chi connectivity index (χ4v) is 2.22. The average Bonchev–Trinajstić information content (AvgIpc) is 3.17. The number of carbonyl (C=O) groups excluding carboxylic acids is 1. The minimum atomic E-state index is -0.264. The number of aromatic nitrogens is 4. The molecule has 0 fully saturated rings. The minimum Gasteiger partial charge on any atom is -0.443 e. The van der Waals surface area contributed by atoms with Crippen LogP contribution in [-0.2, 0) is 6.54 Å². The monoisotopic (exact) mass is 311 g/mol. The van der Waals surface area contributed by atoms with Crippen molar-refractivity contribution in [2.75, 3.05) is 6.54 Å². The minimum absolute atomic E-state index is 0.264. The van der Waals surface area contributed by atoms with Crippen molar-refractivity contribution in [1.29, 1.82) is 0 Å². The van der Waals surface area contributed by atoms with E-state index in [2.05, 4.69) is 20.5 Å². The predicted octanol–water partition coefficient (Wildman–Crippen LogP) is 1.98. The molecule has 2 aromatic heterocycles. The topological polar surface area (TPSA) is 85.8 Å². The lowest BCUT2D eigenvalue weighted by molar-refractivity contribution is 0.0948. The molecule has 0 saturated heterocycles. The van der Waals surface area contributed by atoms with E-state index in [9.17, 15) is 4.79 Å². The third-order valence-corrected chi connectivity index (χ3v) is 3.54. The van der Waals surface area contributed by atoms with Crippen LogP contribution in [0.3, 0.4) is 0 Å². The lowest BCUT2D eigenvalue weighted by Gasteiger charge is -2.06. The van der Waals surface area contributed by atoms with E-state index in [1.165, 1.54) is 6.39 Å². The highest BCUT2D eigenvalue weighted by atomic mass is 16.3. The Morgan fingerprint density at radius 1 is 1.26 bits per heavy atom.